The molecule has 2 heteroatoms. The molecule has 4 fully saturated rings. The summed E-state index contributed by atoms with van der Waals surface area (Å²) in [5.74, 6) is 5.02. The van der Waals surface area contributed by atoms with E-state index < -0.39 is 11.2 Å². The van der Waals surface area contributed by atoms with E-state index in [9.17, 15) is 10.2 Å². The molecular weight excluding hydrogens is 392 g/mol. The first kappa shape index (κ1) is 25.0. The molecule has 0 saturated heterocycles. The van der Waals surface area contributed by atoms with Crippen molar-refractivity contribution in [1.29, 1.82) is 0 Å². The minimum absolute atomic E-state index is 0.424. The Morgan fingerprint density at radius 2 is 1.62 bits per heavy atom. The molecule has 4 saturated carbocycles. The Bertz CT molecular complexity index is 653. The van der Waals surface area contributed by atoms with Crippen LogP contribution in [0.4, 0.5) is 0 Å². The highest BCUT2D eigenvalue weighted by molar-refractivity contribution is 5.10. The molecule has 186 valence electrons. The Morgan fingerprint density at radius 3 is 2.34 bits per heavy atom. The lowest BCUT2D eigenvalue weighted by Crippen LogP contribution is -2.55. The molecule has 2 N–H and O–H groups in total. The summed E-state index contributed by atoms with van der Waals surface area (Å²) in [6.45, 7) is 14.1. The zero-order chi connectivity index (χ0) is 23.4. The molecule has 2 nitrogen and oxygen atoms in total. The number of aliphatic hydroxyl groups is 2. The highest BCUT2D eigenvalue weighted by atomic mass is 16.3. The first-order valence-electron chi connectivity index (χ1n) is 14.4. The average molecular weight is 447 g/mol. The summed E-state index contributed by atoms with van der Waals surface area (Å²) in [4.78, 5) is 0. The maximum atomic E-state index is 10.8. The highest BCUT2D eigenvalue weighted by Gasteiger charge is 2.61. The molecule has 4 rings (SSSR count). The van der Waals surface area contributed by atoms with Crippen molar-refractivity contribution in [2.75, 3.05) is 0 Å². The summed E-state index contributed by atoms with van der Waals surface area (Å²) in [7, 11) is 0. The van der Waals surface area contributed by atoms with Gasteiger partial charge in [0.15, 0.2) is 0 Å². The van der Waals surface area contributed by atoms with Gasteiger partial charge in [-0.25, -0.2) is 0 Å². The number of hydrogen-bond acceptors (Lipinski definition) is 2. The van der Waals surface area contributed by atoms with Crippen molar-refractivity contribution in [3.63, 3.8) is 0 Å². The van der Waals surface area contributed by atoms with E-state index in [0.29, 0.717) is 10.8 Å². The van der Waals surface area contributed by atoms with Crippen LogP contribution in [0.25, 0.3) is 0 Å². The highest BCUT2D eigenvalue weighted by Crippen LogP contribution is 2.68. The second-order valence-electron chi connectivity index (χ2n) is 14.2. The second-order valence-corrected chi connectivity index (χ2v) is 14.2. The summed E-state index contributed by atoms with van der Waals surface area (Å²) < 4.78 is 0. The quantitative estimate of drug-likeness (QED) is 0.419. The molecule has 0 radical (unpaired) electrons. The van der Waals surface area contributed by atoms with Crippen LogP contribution in [0.15, 0.2) is 0 Å². The molecule has 4 aliphatic rings. The lowest BCUT2D eigenvalue weighted by molar-refractivity contribution is -0.148. The van der Waals surface area contributed by atoms with Gasteiger partial charge in [0.25, 0.3) is 0 Å². The predicted octanol–water partition coefficient (Wildman–Crippen LogP) is 7.75. The van der Waals surface area contributed by atoms with Gasteiger partial charge in [-0.05, 0) is 137 Å². The van der Waals surface area contributed by atoms with Crippen molar-refractivity contribution in [3.8, 4) is 0 Å². The van der Waals surface area contributed by atoms with E-state index in [1.807, 2.05) is 0 Å². The first-order chi connectivity index (χ1) is 14.9. The third-order valence-corrected chi connectivity index (χ3v) is 11.9. The summed E-state index contributed by atoms with van der Waals surface area (Å²) in [5.41, 5.74) is 0.0792. The molecule has 0 amide bonds. The molecule has 0 aromatic carbocycles. The van der Waals surface area contributed by atoms with E-state index in [0.717, 1.165) is 67.6 Å². The normalized spacial score (nSPS) is 48.9. The molecule has 10 atom stereocenters. The lowest BCUT2D eigenvalue weighted by atomic mass is 9.43. The van der Waals surface area contributed by atoms with Crippen molar-refractivity contribution in [2.24, 2.45) is 46.3 Å². The molecular formula is C30H54O2. The molecule has 0 aromatic heterocycles. The van der Waals surface area contributed by atoms with E-state index in [2.05, 4.69) is 41.5 Å². The van der Waals surface area contributed by atoms with Gasteiger partial charge in [-0.2, -0.15) is 0 Å². The van der Waals surface area contributed by atoms with Crippen LogP contribution in [0.3, 0.4) is 0 Å². The van der Waals surface area contributed by atoms with Gasteiger partial charge in [-0.15, -0.1) is 0 Å². The maximum absolute atomic E-state index is 10.8. The number of fused-ring (bicyclic) bond motifs is 5. The van der Waals surface area contributed by atoms with E-state index in [4.69, 9.17) is 0 Å². The Hall–Kier alpha value is -0.0800. The van der Waals surface area contributed by atoms with Crippen molar-refractivity contribution in [1.82, 2.24) is 0 Å². The molecule has 0 heterocycles. The van der Waals surface area contributed by atoms with Gasteiger partial charge in [0, 0.05) is 0 Å². The van der Waals surface area contributed by atoms with Crippen molar-refractivity contribution < 1.29 is 10.2 Å². The standard InChI is InChI=1S/C30H54O2/c1-7-8-15-27(3,31)16-13-21(2)24-11-12-25-23-10-9-22-20-28(4,32)18-19-29(22,5)26(23)14-17-30(24,25)6/h21-26,31-32H,7-20H2,1-6H3/t21-,22+,23+,24-,25+,26+,27+,28+,29+,30-/m1/s1. The van der Waals surface area contributed by atoms with Gasteiger partial charge >= 0.3 is 0 Å². The van der Waals surface area contributed by atoms with Crippen LogP contribution < -0.4 is 0 Å². The second kappa shape index (κ2) is 8.85. The lowest BCUT2D eigenvalue weighted by Gasteiger charge is -2.62. The SMILES string of the molecule is CCCC[C@](C)(O)CC[C@@H](C)[C@H]1CC[C@H]2[C@@H]3CC[C@H]4C[C@@](C)(O)CC[C@]4(C)[C@H]3CC[C@]12C. The third kappa shape index (κ3) is 4.46. The van der Waals surface area contributed by atoms with E-state index >= 15 is 0 Å². The number of rotatable bonds is 7. The topological polar surface area (TPSA) is 40.5 Å². The van der Waals surface area contributed by atoms with Crippen molar-refractivity contribution in [2.45, 2.75) is 143 Å². The van der Waals surface area contributed by atoms with Gasteiger partial charge in [-0.3, -0.25) is 0 Å². The molecule has 0 aromatic rings. The Balaban J connectivity index is 1.43. The molecule has 0 unspecified atom stereocenters. The Kier molecular flexibility index (Phi) is 6.92. The number of unbranched alkanes of at least 4 members (excludes halogenated alkanes) is 1. The minimum Gasteiger partial charge on any atom is -0.390 e. The van der Waals surface area contributed by atoms with Crippen LogP contribution in [-0.2, 0) is 0 Å². The smallest absolute Gasteiger partial charge is 0.0622 e. The van der Waals surface area contributed by atoms with E-state index in [-0.39, 0.29) is 0 Å². The van der Waals surface area contributed by atoms with Crippen LogP contribution in [0.5, 0.6) is 0 Å². The van der Waals surface area contributed by atoms with Crippen molar-refractivity contribution >= 4 is 0 Å². The van der Waals surface area contributed by atoms with Gasteiger partial charge in [0.2, 0.25) is 0 Å². The van der Waals surface area contributed by atoms with Gasteiger partial charge < -0.3 is 10.2 Å². The largest absolute Gasteiger partial charge is 0.390 e. The van der Waals surface area contributed by atoms with Gasteiger partial charge in [0.1, 0.15) is 0 Å². The molecule has 0 bridgehead atoms. The fourth-order valence-electron chi connectivity index (χ4n) is 9.83. The maximum Gasteiger partial charge on any atom is 0.0622 e. The van der Waals surface area contributed by atoms with Crippen molar-refractivity contribution in [3.05, 3.63) is 0 Å². The molecule has 4 aliphatic carbocycles. The Morgan fingerprint density at radius 1 is 0.906 bits per heavy atom. The summed E-state index contributed by atoms with van der Waals surface area (Å²) in [6.07, 6.45) is 17.2. The van der Waals surface area contributed by atoms with Crippen LogP contribution in [-0.4, -0.2) is 21.4 Å². The average Bonchev–Trinajstić information content (AvgIpc) is 3.08. The summed E-state index contributed by atoms with van der Waals surface area (Å²) in [5, 5.41) is 21.6. The molecule has 0 spiro atoms. The van der Waals surface area contributed by atoms with Crippen LogP contribution >= 0.6 is 0 Å². The fraction of sp³-hybridized carbons (Fsp3) is 1.00. The van der Waals surface area contributed by atoms with Gasteiger partial charge in [0.05, 0.1) is 11.2 Å². The van der Waals surface area contributed by atoms with E-state index in [1.165, 1.54) is 57.8 Å². The molecule has 0 aliphatic heterocycles. The van der Waals surface area contributed by atoms with Crippen LogP contribution in [0, 0.1) is 46.3 Å². The summed E-state index contributed by atoms with van der Waals surface area (Å²) >= 11 is 0. The fourth-order valence-corrected chi connectivity index (χ4v) is 9.83. The predicted molar refractivity (Wildman–Crippen MR) is 134 cm³/mol. The first-order valence-corrected chi connectivity index (χ1v) is 14.4. The molecule has 32 heavy (non-hydrogen) atoms. The zero-order valence-corrected chi connectivity index (χ0v) is 22.3. The Labute approximate surface area is 199 Å². The number of hydrogen-bond donors (Lipinski definition) is 2. The minimum atomic E-state index is -0.476. The van der Waals surface area contributed by atoms with Crippen LogP contribution in [0.1, 0.15) is 131 Å². The monoisotopic (exact) mass is 446 g/mol. The third-order valence-electron chi connectivity index (χ3n) is 11.9. The van der Waals surface area contributed by atoms with Crippen LogP contribution in [0.2, 0.25) is 0 Å². The van der Waals surface area contributed by atoms with E-state index in [1.54, 1.807) is 0 Å². The van der Waals surface area contributed by atoms with Gasteiger partial charge in [-0.1, -0.05) is 40.5 Å². The summed E-state index contributed by atoms with van der Waals surface area (Å²) in [6, 6.07) is 0. The zero-order valence-electron chi connectivity index (χ0n) is 22.3.